The number of anilines is 1. The molecule has 1 amide bonds. The van der Waals surface area contributed by atoms with Crippen molar-refractivity contribution in [1.29, 1.82) is 0 Å². The summed E-state index contributed by atoms with van der Waals surface area (Å²) in [6.07, 6.45) is 0.978. The van der Waals surface area contributed by atoms with Crippen LogP contribution in [-0.2, 0) is 11.2 Å². The maximum Gasteiger partial charge on any atom is 0.234 e. The average molecular weight is 418 g/mol. The normalized spacial score (nSPS) is 10.9. The minimum atomic E-state index is -0.0578. The summed E-state index contributed by atoms with van der Waals surface area (Å²) in [4.78, 5) is 17.2. The second kappa shape index (κ2) is 9.05. The summed E-state index contributed by atoms with van der Waals surface area (Å²) >= 11 is 1.42. The number of nitrogens with one attached hydrogen (secondary N) is 1. The van der Waals surface area contributed by atoms with Crippen molar-refractivity contribution in [2.75, 3.05) is 18.2 Å². The number of carbonyl (C=O) groups excluding carboxylic acids is 1. The van der Waals surface area contributed by atoms with Gasteiger partial charge in [-0.15, -0.1) is 0 Å². The van der Waals surface area contributed by atoms with Crippen molar-refractivity contribution < 1.29 is 9.53 Å². The van der Waals surface area contributed by atoms with E-state index in [2.05, 4.69) is 16.8 Å². The van der Waals surface area contributed by atoms with E-state index in [9.17, 15) is 4.79 Å². The third-order valence-corrected chi connectivity index (χ3v) is 5.78. The second-order valence-corrected chi connectivity index (χ2v) is 7.75. The first-order valence-electron chi connectivity index (χ1n) is 9.81. The molecule has 6 heteroatoms. The summed E-state index contributed by atoms with van der Waals surface area (Å²) in [6, 6.07) is 23.7. The van der Waals surface area contributed by atoms with E-state index in [1.54, 1.807) is 7.11 Å². The van der Waals surface area contributed by atoms with Crippen molar-refractivity contribution in [3.8, 4) is 11.4 Å². The van der Waals surface area contributed by atoms with Crippen LogP contribution < -0.4 is 10.1 Å². The number of hydrogen-bond acceptors (Lipinski definition) is 4. The van der Waals surface area contributed by atoms with Crippen LogP contribution in [0, 0.1) is 0 Å². The highest BCUT2D eigenvalue weighted by Gasteiger charge is 2.14. The highest BCUT2D eigenvalue weighted by Crippen LogP contribution is 2.29. The Balaban J connectivity index is 1.55. The van der Waals surface area contributed by atoms with E-state index >= 15 is 0 Å². The van der Waals surface area contributed by atoms with Crippen molar-refractivity contribution in [2.24, 2.45) is 0 Å². The molecule has 0 radical (unpaired) electrons. The number of benzene rings is 3. The minimum Gasteiger partial charge on any atom is -0.497 e. The van der Waals surface area contributed by atoms with Gasteiger partial charge in [-0.05, 0) is 60.5 Å². The summed E-state index contributed by atoms with van der Waals surface area (Å²) in [6.45, 7) is 2.11. The van der Waals surface area contributed by atoms with Gasteiger partial charge in [-0.2, -0.15) is 0 Å². The van der Waals surface area contributed by atoms with Gasteiger partial charge in [0.1, 0.15) is 5.75 Å². The van der Waals surface area contributed by atoms with Crippen molar-refractivity contribution in [2.45, 2.75) is 18.5 Å². The van der Waals surface area contributed by atoms with Gasteiger partial charge in [0.25, 0.3) is 0 Å². The van der Waals surface area contributed by atoms with Gasteiger partial charge in [0, 0.05) is 11.4 Å². The molecule has 0 spiro atoms. The summed E-state index contributed by atoms with van der Waals surface area (Å²) in [5.74, 6) is 1.01. The number of ether oxygens (including phenoxy) is 1. The van der Waals surface area contributed by atoms with Crippen LogP contribution in [-0.4, -0.2) is 28.3 Å². The molecule has 0 atom stereocenters. The molecule has 152 valence electrons. The number of methoxy groups -OCH3 is 1. The molecule has 0 saturated heterocycles. The Bertz CT molecular complexity index is 1150. The molecule has 4 rings (SSSR count). The lowest BCUT2D eigenvalue weighted by atomic mass is 10.1. The van der Waals surface area contributed by atoms with Crippen molar-refractivity contribution in [1.82, 2.24) is 9.55 Å². The van der Waals surface area contributed by atoms with E-state index in [4.69, 9.17) is 9.72 Å². The van der Waals surface area contributed by atoms with Gasteiger partial charge in [0.05, 0.1) is 23.9 Å². The number of aromatic nitrogens is 2. The lowest BCUT2D eigenvalue weighted by Gasteiger charge is -2.10. The zero-order chi connectivity index (χ0) is 20.9. The van der Waals surface area contributed by atoms with Crippen LogP contribution in [0.4, 0.5) is 5.69 Å². The van der Waals surface area contributed by atoms with Crippen molar-refractivity contribution >= 4 is 34.4 Å². The smallest absolute Gasteiger partial charge is 0.234 e. The summed E-state index contributed by atoms with van der Waals surface area (Å²) in [5.41, 5.74) is 4.92. The zero-order valence-electron chi connectivity index (χ0n) is 17.0. The molecule has 1 N–H and O–H groups in total. The minimum absolute atomic E-state index is 0.0578. The molecule has 30 heavy (non-hydrogen) atoms. The van der Waals surface area contributed by atoms with E-state index in [0.717, 1.165) is 39.7 Å². The van der Waals surface area contributed by atoms with Crippen LogP contribution in [0.25, 0.3) is 16.7 Å². The molecule has 1 aromatic heterocycles. The number of nitrogens with zero attached hydrogens (tertiary/aromatic N) is 2. The monoisotopic (exact) mass is 417 g/mol. The molecule has 0 aliphatic carbocycles. The van der Waals surface area contributed by atoms with Gasteiger partial charge in [-0.1, -0.05) is 43.0 Å². The van der Waals surface area contributed by atoms with Crippen LogP contribution in [0.15, 0.2) is 78.0 Å². The molecule has 0 saturated carbocycles. The molecule has 3 aromatic carbocycles. The SMILES string of the molecule is CCc1ccc(NC(=O)CSc2nc3ccccc3n2-c2ccc(OC)cc2)cc1. The van der Waals surface area contributed by atoms with Gasteiger partial charge in [0.2, 0.25) is 5.91 Å². The number of rotatable bonds is 7. The van der Waals surface area contributed by atoms with E-state index < -0.39 is 0 Å². The standard InChI is InChI=1S/C24H23N3O2S/c1-3-17-8-10-18(11-9-17)25-23(28)16-30-24-26-21-6-4-5-7-22(21)27(24)19-12-14-20(29-2)15-13-19/h4-15H,3,16H2,1-2H3,(H,25,28). The molecule has 4 aromatic rings. The third kappa shape index (κ3) is 4.33. The highest BCUT2D eigenvalue weighted by atomic mass is 32.2. The first kappa shape index (κ1) is 20.0. The predicted octanol–water partition coefficient (Wildman–Crippen LogP) is 5.33. The Morgan fingerprint density at radius 2 is 1.77 bits per heavy atom. The molecule has 1 heterocycles. The summed E-state index contributed by atoms with van der Waals surface area (Å²) < 4.78 is 7.34. The number of imidazole rings is 1. The topological polar surface area (TPSA) is 56.2 Å². The number of para-hydroxylation sites is 2. The predicted molar refractivity (Wildman–Crippen MR) is 123 cm³/mol. The maximum atomic E-state index is 12.5. The van der Waals surface area contributed by atoms with Gasteiger partial charge in [-0.25, -0.2) is 4.98 Å². The quantitative estimate of drug-likeness (QED) is 0.413. The van der Waals surface area contributed by atoms with Gasteiger partial charge >= 0.3 is 0 Å². The van der Waals surface area contributed by atoms with Crippen LogP contribution in [0.5, 0.6) is 5.75 Å². The Kier molecular flexibility index (Phi) is 6.05. The van der Waals surface area contributed by atoms with Crippen LogP contribution in [0.3, 0.4) is 0 Å². The Morgan fingerprint density at radius 1 is 1.03 bits per heavy atom. The van der Waals surface area contributed by atoms with Crippen molar-refractivity contribution in [3.63, 3.8) is 0 Å². The molecule has 0 unspecified atom stereocenters. The van der Waals surface area contributed by atoms with E-state index in [-0.39, 0.29) is 11.7 Å². The third-order valence-electron chi connectivity index (χ3n) is 4.84. The lowest BCUT2D eigenvalue weighted by Crippen LogP contribution is -2.14. The molecule has 0 aliphatic rings. The number of carbonyl (C=O) groups is 1. The second-order valence-electron chi connectivity index (χ2n) is 6.80. The molecule has 0 bridgehead atoms. The van der Waals surface area contributed by atoms with E-state index in [0.29, 0.717) is 0 Å². The Hall–Kier alpha value is -3.25. The van der Waals surface area contributed by atoms with Crippen LogP contribution in [0.2, 0.25) is 0 Å². The number of hydrogen-bond donors (Lipinski definition) is 1. The fraction of sp³-hybridized carbons (Fsp3) is 0.167. The fourth-order valence-electron chi connectivity index (χ4n) is 3.23. The highest BCUT2D eigenvalue weighted by molar-refractivity contribution is 7.99. The van der Waals surface area contributed by atoms with Gasteiger partial charge in [-0.3, -0.25) is 9.36 Å². The number of amides is 1. The van der Waals surface area contributed by atoms with E-state index in [1.807, 2.05) is 72.8 Å². The molecular weight excluding hydrogens is 394 g/mol. The Morgan fingerprint density at radius 3 is 2.47 bits per heavy atom. The molecule has 0 aliphatic heterocycles. The van der Waals surface area contributed by atoms with Crippen LogP contribution in [0.1, 0.15) is 12.5 Å². The summed E-state index contributed by atoms with van der Waals surface area (Å²) in [5, 5.41) is 3.73. The fourth-order valence-corrected chi connectivity index (χ4v) is 4.06. The number of thioether (sulfide) groups is 1. The molecular formula is C24H23N3O2S. The molecule has 5 nitrogen and oxygen atoms in total. The average Bonchev–Trinajstić information content (AvgIpc) is 3.16. The first-order valence-corrected chi connectivity index (χ1v) is 10.8. The summed E-state index contributed by atoms with van der Waals surface area (Å²) in [7, 11) is 1.65. The zero-order valence-corrected chi connectivity index (χ0v) is 17.8. The maximum absolute atomic E-state index is 12.5. The van der Waals surface area contributed by atoms with E-state index in [1.165, 1.54) is 17.3 Å². The largest absolute Gasteiger partial charge is 0.497 e. The molecule has 0 fully saturated rings. The lowest BCUT2D eigenvalue weighted by molar-refractivity contribution is -0.113. The Labute approximate surface area is 180 Å². The number of aryl methyl sites for hydroxylation is 1. The van der Waals surface area contributed by atoms with Gasteiger partial charge in [0.15, 0.2) is 5.16 Å². The van der Waals surface area contributed by atoms with Crippen molar-refractivity contribution in [3.05, 3.63) is 78.4 Å². The number of fused-ring (bicyclic) bond motifs is 1. The van der Waals surface area contributed by atoms with Crippen LogP contribution >= 0.6 is 11.8 Å². The van der Waals surface area contributed by atoms with Gasteiger partial charge < -0.3 is 10.1 Å². The first-order chi connectivity index (χ1) is 14.7.